The fourth-order valence-corrected chi connectivity index (χ4v) is 1.47. The van der Waals surface area contributed by atoms with E-state index in [-0.39, 0.29) is 5.78 Å². The van der Waals surface area contributed by atoms with Gasteiger partial charge >= 0.3 is 0 Å². The van der Waals surface area contributed by atoms with Crippen molar-refractivity contribution in [3.8, 4) is 0 Å². The molecular formula is C17H30N2O4. The predicted octanol–water partition coefficient (Wildman–Crippen LogP) is 1.10. The highest BCUT2D eigenvalue weighted by atomic mass is 16.5. The molecule has 0 spiro atoms. The molecular weight excluding hydrogens is 296 g/mol. The van der Waals surface area contributed by atoms with Gasteiger partial charge in [-0.05, 0) is 14.0 Å². The molecule has 0 bridgehead atoms. The standard InChI is InChI=1S/C9H22N2O3.C8H8O/c1-11-3-5-13-7-9-14-8-6-12-4-2-10;1-7(9)8-5-3-2-4-6-8/h11H,2-10H2,1H3;2-6H,1H3. The number of likely N-dealkylation sites (N-methyl/N-ethyl adjacent to an activating group) is 1. The Hall–Kier alpha value is -1.31. The van der Waals surface area contributed by atoms with Crippen molar-refractivity contribution in [2.45, 2.75) is 6.92 Å². The largest absolute Gasteiger partial charge is 0.378 e. The summed E-state index contributed by atoms with van der Waals surface area (Å²) in [6.45, 7) is 6.80. The number of ketones is 1. The van der Waals surface area contributed by atoms with E-state index >= 15 is 0 Å². The molecule has 1 rings (SSSR count). The third-order valence-corrected chi connectivity index (χ3v) is 2.68. The minimum Gasteiger partial charge on any atom is -0.378 e. The fraction of sp³-hybridized carbons (Fsp3) is 0.588. The number of carbonyl (C=O) groups is 1. The summed E-state index contributed by atoms with van der Waals surface area (Å²) in [7, 11) is 1.90. The van der Waals surface area contributed by atoms with Crippen molar-refractivity contribution in [2.24, 2.45) is 5.73 Å². The zero-order chi connectivity index (χ0) is 17.2. The molecule has 0 aliphatic heterocycles. The van der Waals surface area contributed by atoms with Crippen molar-refractivity contribution in [3.63, 3.8) is 0 Å². The molecule has 0 saturated heterocycles. The van der Waals surface area contributed by atoms with Gasteiger partial charge in [0, 0.05) is 18.7 Å². The van der Waals surface area contributed by atoms with E-state index in [1.54, 1.807) is 6.92 Å². The van der Waals surface area contributed by atoms with Gasteiger partial charge in [0.25, 0.3) is 0 Å². The molecule has 0 amide bonds. The Labute approximate surface area is 139 Å². The van der Waals surface area contributed by atoms with Gasteiger partial charge in [-0.15, -0.1) is 0 Å². The number of carbonyl (C=O) groups excluding carboxylic acids is 1. The highest BCUT2D eigenvalue weighted by Gasteiger charge is 1.93. The summed E-state index contributed by atoms with van der Waals surface area (Å²) in [5.74, 6) is 0.121. The summed E-state index contributed by atoms with van der Waals surface area (Å²) in [6, 6.07) is 9.23. The third kappa shape index (κ3) is 15.4. The number of nitrogens with one attached hydrogen (secondary N) is 1. The molecule has 0 radical (unpaired) electrons. The Kier molecular flexibility index (Phi) is 16.1. The van der Waals surface area contributed by atoms with Gasteiger partial charge in [0.2, 0.25) is 0 Å². The zero-order valence-corrected chi connectivity index (χ0v) is 14.3. The van der Waals surface area contributed by atoms with Crippen LogP contribution >= 0.6 is 0 Å². The van der Waals surface area contributed by atoms with Crippen LogP contribution in [0.5, 0.6) is 0 Å². The number of hydrogen-bond donors (Lipinski definition) is 2. The molecule has 0 atom stereocenters. The molecule has 1 aromatic rings. The van der Waals surface area contributed by atoms with Crippen LogP contribution in [0.15, 0.2) is 30.3 Å². The Morgan fingerprint density at radius 1 is 0.957 bits per heavy atom. The molecule has 132 valence electrons. The van der Waals surface area contributed by atoms with Crippen LogP contribution in [-0.4, -0.2) is 65.6 Å². The number of rotatable bonds is 12. The van der Waals surface area contributed by atoms with Crippen molar-refractivity contribution < 1.29 is 19.0 Å². The molecule has 6 heteroatoms. The van der Waals surface area contributed by atoms with E-state index in [1.165, 1.54) is 0 Å². The van der Waals surface area contributed by atoms with Crippen molar-refractivity contribution in [3.05, 3.63) is 35.9 Å². The second-order valence-electron chi connectivity index (χ2n) is 4.65. The van der Waals surface area contributed by atoms with Crippen LogP contribution in [0.4, 0.5) is 0 Å². The van der Waals surface area contributed by atoms with Crippen LogP contribution in [0, 0.1) is 0 Å². The maximum absolute atomic E-state index is 10.6. The van der Waals surface area contributed by atoms with Gasteiger partial charge in [-0.3, -0.25) is 4.79 Å². The normalized spacial score (nSPS) is 10.0. The van der Waals surface area contributed by atoms with E-state index in [0.717, 1.165) is 18.7 Å². The summed E-state index contributed by atoms with van der Waals surface area (Å²) in [5.41, 5.74) is 6.02. The first kappa shape index (κ1) is 21.7. The van der Waals surface area contributed by atoms with Crippen molar-refractivity contribution >= 4 is 5.78 Å². The molecule has 1 aromatic carbocycles. The lowest BCUT2D eigenvalue weighted by Crippen LogP contribution is -2.17. The first-order valence-corrected chi connectivity index (χ1v) is 7.86. The van der Waals surface area contributed by atoms with Gasteiger partial charge in [-0.25, -0.2) is 0 Å². The lowest BCUT2D eigenvalue weighted by Gasteiger charge is -2.05. The first-order valence-electron chi connectivity index (χ1n) is 7.86. The van der Waals surface area contributed by atoms with Crippen LogP contribution < -0.4 is 11.1 Å². The van der Waals surface area contributed by atoms with Crippen LogP contribution in [0.3, 0.4) is 0 Å². The quantitative estimate of drug-likeness (QED) is 0.442. The lowest BCUT2D eigenvalue weighted by molar-refractivity contribution is 0.0168. The van der Waals surface area contributed by atoms with Gasteiger partial charge in [-0.1, -0.05) is 30.3 Å². The summed E-state index contributed by atoms with van der Waals surface area (Å²) in [6.07, 6.45) is 0. The fourth-order valence-electron chi connectivity index (χ4n) is 1.47. The maximum atomic E-state index is 10.6. The highest BCUT2D eigenvalue weighted by Crippen LogP contribution is 1.97. The lowest BCUT2D eigenvalue weighted by atomic mass is 10.2. The summed E-state index contributed by atoms with van der Waals surface area (Å²) >= 11 is 0. The van der Waals surface area contributed by atoms with E-state index in [2.05, 4.69) is 5.32 Å². The molecule has 0 saturated carbocycles. The van der Waals surface area contributed by atoms with Crippen LogP contribution in [-0.2, 0) is 14.2 Å². The molecule has 3 N–H and O–H groups in total. The molecule has 6 nitrogen and oxygen atoms in total. The van der Waals surface area contributed by atoms with Gasteiger partial charge in [0.1, 0.15) is 0 Å². The molecule has 0 unspecified atom stereocenters. The van der Waals surface area contributed by atoms with E-state index in [1.807, 2.05) is 37.4 Å². The highest BCUT2D eigenvalue weighted by molar-refractivity contribution is 5.93. The molecule has 23 heavy (non-hydrogen) atoms. The number of Topliss-reactive ketones (excluding diaryl/α,β-unsaturated/α-hetero) is 1. The van der Waals surface area contributed by atoms with E-state index in [0.29, 0.717) is 39.6 Å². The third-order valence-electron chi connectivity index (χ3n) is 2.68. The second kappa shape index (κ2) is 17.1. The smallest absolute Gasteiger partial charge is 0.159 e. The van der Waals surface area contributed by atoms with Crippen molar-refractivity contribution in [1.82, 2.24) is 5.32 Å². The predicted molar refractivity (Wildman–Crippen MR) is 91.9 cm³/mol. The number of ether oxygens (including phenoxy) is 3. The summed E-state index contributed by atoms with van der Waals surface area (Å²) in [4.78, 5) is 10.6. The molecule has 0 heterocycles. The Bertz CT molecular complexity index is 362. The van der Waals surface area contributed by atoms with Gasteiger partial charge < -0.3 is 25.3 Å². The Balaban J connectivity index is 0.000000459. The topological polar surface area (TPSA) is 82.8 Å². The minimum absolute atomic E-state index is 0.121. The summed E-state index contributed by atoms with van der Waals surface area (Å²) < 4.78 is 15.6. The van der Waals surface area contributed by atoms with Crippen molar-refractivity contribution in [2.75, 3.05) is 59.8 Å². The molecule has 0 aliphatic rings. The zero-order valence-electron chi connectivity index (χ0n) is 14.3. The van der Waals surface area contributed by atoms with E-state index in [9.17, 15) is 4.79 Å². The average molecular weight is 326 g/mol. The Morgan fingerprint density at radius 3 is 1.91 bits per heavy atom. The maximum Gasteiger partial charge on any atom is 0.159 e. The SMILES string of the molecule is CC(=O)c1ccccc1.CNCCOCCOCCOCCN. The van der Waals surface area contributed by atoms with E-state index < -0.39 is 0 Å². The second-order valence-corrected chi connectivity index (χ2v) is 4.65. The Morgan fingerprint density at radius 2 is 1.48 bits per heavy atom. The van der Waals surface area contributed by atoms with Crippen LogP contribution in [0.25, 0.3) is 0 Å². The molecule has 0 aliphatic carbocycles. The van der Waals surface area contributed by atoms with Gasteiger partial charge in [0.05, 0.1) is 39.6 Å². The first-order chi connectivity index (χ1) is 11.2. The number of hydrogen-bond acceptors (Lipinski definition) is 6. The molecule has 0 fully saturated rings. The minimum atomic E-state index is 0.121. The van der Waals surface area contributed by atoms with Crippen molar-refractivity contribution in [1.29, 1.82) is 0 Å². The average Bonchev–Trinajstić information content (AvgIpc) is 2.58. The number of benzene rings is 1. The van der Waals surface area contributed by atoms with Crippen LogP contribution in [0.1, 0.15) is 17.3 Å². The van der Waals surface area contributed by atoms with Gasteiger partial charge in [0.15, 0.2) is 5.78 Å². The summed E-state index contributed by atoms with van der Waals surface area (Å²) in [5, 5.41) is 3.00. The van der Waals surface area contributed by atoms with Crippen LogP contribution in [0.2, 0.25) is 0 Å². The molecule has 0 aromatic heterocycles. The van der Waals surface area contributed by atoms with E-state index in [4.69, 9.17) is 19.9 Å². The number of nitrogens with two attached hydrogens (primary N) is 1. The monoisotopic (exact) mass is 326 g/mol. The van der Waals surface area contributed by atoms with Gasteiger partial charge in [-0.2, -0.15) is 0 Å².